The molecule has 2 N–H and O–H groups in total. The van der Waals surface area contributed by atoms with E-state index >= 15 is 0 Å². The molecule has 0 bridgehead atoms. The maximum Gasteiger partial charge on any atom is 0.225 e. The molecule has 6 heteroatoms. The van der Waals surface area contributed by atoms with Gasteiger partial charge in [0.2, 0.25) is 17.7 Å². The molecule has 0 spiro atoms. The van der Waals surface area contributed by atoms with Crippen molar-refractivity contribution in [1.82, 2.24) is 15.5 Å². The Morgan fingerprint density at radius 1 is 0.750 bits per heavy atom. The van der Waals surface area contributed by atoms with E-state index in [0.717, 1.165) is 19.3 Å². The van der Waals surface area contributed by atoms with E-state index in [1.54, 1.807) is 0 Å². The van der Waals surface area contributed by atoms with Gasteiger partial charge in [0.1, 0.15) is 0 Å². The summed E-state index contributed by atoms with van der Waals surface area (Å²) in [5.41, 5.74) is 0. The second kappa shape index (κ2) is 11.3. The molecule has 0 radical (unpaired) electrons. The van der Waals surface area contributed by atoms with Gasteiger partial charge in [-0.15, -0.1) is 0 Å². The van der Waals surface area contributed by atoms with Crippen molar-refractivity contribution in [1.29, 1.82) is 0 Å². The number of rotatable bonds is 10. The van der Waals surface area contributed by atoms with Crippen molar-refractivity contribution in [3.63, 3.8) is 0 Å². The van der Waals surface area contributed by atoms with Crippen LogP contribution in [0.4, 0.5) is 0 Å². The Balaban J connectivity index is 4.30. The van der Waals surface area contributed by atoms with Gasteiger partial charge in [0, 0.05) is 19.3 Å². The zero-order valence-corrected chi connectivity index (χ0v) is 12.8. The average molecular weight is 285 g/mol. The van der Waals surface area contributed by atoms with E-state index in [4.69, 9.17) is 0 Å². The summed E-state index contributed by atoms with van der Waals surface area (Å²) in [5, 5.41) is 5.39. The van der Waals surface area contributed by atoms with Crippen molar-refractivity contribution in [3.05, 3.63) is 0 Å². The first-order valence-electron chi connectivity index (χ1n) is 7.36. The Hall–Kier alpha value is -1.59. The third kappa shape index (κ3) is 8.50. The van der Waals surface area contributed by atoms with Crippen LogP contribution in [-0.4, -0.2) is 36.0 Å². The quantitative estimate of drug-likeness (QED) is 0.595. The van der Waals surface area contributed by atoms with E-state index in [1.807, 2.05) is 20.8 Å². The molecule has 0 rings (SSSR count). The Labute approximate surface area is 121 Å². The van der Waals surface area contributed by atoms with Gasteiger partial charge in [0.25, 0.3) is 0 Å². The van der Waals surface area contributed by atoms with E-state index in [-0.39, 0.29) is 31.1 Å². The van der Waals surface area contributed by atoms with Crippen LogP contribution in [-0.2, 0) is 14.4 Å². The Morgan fingerprint density at radius 2 is 1.15 bits per heavy atom. The SMILES string of the molecule is CCCC(=O)NCN(CNC(=O)CCC)C(=O)CCC. The van der Waals surface area contributed by atoms with Crippen LogP contribution in [0, 0.1) is 0 Å². The van der Waals surface area contributed by atoms with E-state index in [2.05, 4.69) is 10.6 Å². The highest BCUT2D eigenvalue weighted by atomic mass is 16.2. The highest BCUT2D eigenvalue weighted by molar-refractivity contribution is 5.79. The predicted octanol–water partition coefficient (Wildman–Crippen LogP) is 1.36. The lowest BCUT2D eigenvalue weighted by molar-refractivity contribution is -0.133. The van der Waals surface area contributed by atoms with Crippen LogP contribution >= 0.6 is 0 Å². The molecule has 0 unspecified atom stereocenters. The van der Waals surface area contributed by atoms with Crippen molar-refractivity contribution >= 4 is 17.7 Å². The fourth-order valence-electron chi connectivity index (χ4n) is 1.60. The largest absolute Gasteiger partial charge is 0.338 e. The Bertz CT molecular complexity index is 297. The van der Waals surface area contributed by atoms with Gasteiger partial charge in [-0.1, -0.05) is 20.8 Å². The molecule has 0 atom stereocenters. The van der Waals surface area contributed by atoms with Crippen LogP contribution in [0.5, 0.6) is 0 Å². The molecule has 0 aromatic carbocycles. The van der Waals surface area contributed by atoms with Crippen molar-refractivity contribution in [3.8, 4) is 0 Å². The van der Waals surface area contributed by atoms with E-state index in [9.17, 15) is 14.4 Å². The monoisotopic (exact) mass is 285 g/mol. The fraction of sp³-hybridized carbons (Fsp3) is 0.786. The van der Waals surface area contributed by atoms with Gasteiger partial charge in [0.05, 0.1) is 13.3 Å². The maximum atomic E-state index is 11.9. The summed E-state index contributed by atoms with van der Waals surface area (Å²) in [4.78, 5) is 36.2. The normalized spacial score (nSPS) is 9.95. The number of hydrogen-bond donors (Lipinski definition) is 2. The van der Waals surface area contributed by atoms with Gasteiger partial charge in [-0.25, -0.2) is 0 Å². The smallest absolute Gasteiger partial charge is 0.225 e. The summed E-state index contributed by atoms with van der Waals surface area (Å²) in [5.74, 6) is -0.232. The maximum absolute atomic E-state index is 11.9. The standard InChI is InChI=1S/C14H27N3O3/c1-4-7-12(18)15-10-17(14(20)9-6-3)11-16-13(19)8-5-2/h4-11H2,1-3H3,(H,15,18)(H,16,19). The molecule has 0 aromatic rings. The molecule has 0 saturated carbocycles. The number of amides is 3. The fourth-order valence-corrected chi connectivity index (χ4v) is 1.60. The second-order valence-electron chi connectivity index (χ2n) is 4.70. The molecule has 0 aliphatic carbocycles. The number of carbonyl (C=O) groups is 3. The number of nitrogens with zero attached hydrogens (tertiary/aromatic N) is 1. The molecule has 0 saturated heterocycles. The van der Waals surface area contributed by atoms with Crippen LogP contribution in [0.2, 0.25) is 0 Å². The summed E-state index contributed by atoms with van der Waals surface area (Å²) in [7, 11) is 0. The molecule has 0 aliphatic rings. The highest BCUT2D eigenvalue weighted by Gasteiger charge is 2.14. The summed E-state index contributed by atoms with van der Waals surface area (Å²) in [6.45, 7) is 6.05. The van der Waals surface area contributed by atoms with Crippen molar-refractivity contribution < 1.29 is 14.4 Å². The lowest BCUT2D eigenvalue weighted by atomic mass is 10.3. The molecule has 0 fully saturated rings. The molecular formula is C14H27N3O3. The van der Waals surface area contributed by atoms with Gasteiger partial charge < -0.3 is 15.5 Å². The number of carbonyl (C=O) groups excluding carboxylic acids is 3. The van der Waals surface area contributed by atoms with Crippen LogP contribution in [0.1, 0.15) is 59.3 Å². The molecule has 0 heterocycles. The van der Waals surface area contributed by atoms with Crippen LogP contribution in [0.15, 0.2) is 0 Å². The van der Waals surface area contributed by atoms with E-state index in [1.165, 1.54) is 4.90 Å². The number of nitrogens with one attached hydrogen (secondary N) is 2. The number of hydrogen-bond acceptors (Lipinski definition) is 3. The minimum Gasteiger partial charge on any atom is -0.338 e. The predicted molar refractivity (Wildman–Crippen MR) is 77.6 cm³/mol. The lowest BCUT2D eigenvalue weighted by Gasteiger charge is -2.23. The minimum atomic E-state index is -0.0818. The summed E-state index contributed by atoms with van der Waals surface area (Å²) < 4.78 is 0. The molecule has 20 heavy (non-hydrogen) atoms. The van der Waals surface area contributed by atoms with E-state index in [0.29, 0.717) is 19.3 Å². The van der Waals surface area contributed by atoms with Crippen molar-refractivity contribution in [2.45, 2.75) is 59.3 Å². The van der Waals surface area contributed by atoms with Gasteiger partial charge in [0.15, 0.2) is 0 Å². The third-order valence-electron chi connectivity index (χ3n) is 2.70. The zero-order valence-electron chi connectivity index (χ0n) is 12.8. The van der Waals surface area contributed by atoms with E-state index < -0.39 is 0 Å². The summed E-state index contributed by atoms with van der Waals surface area (Å²) in [6.07, 6.45) is 3.56. The lowest BCUT2D eigenvalue weighted by Crippen LogP contribution is -2.46. The van der Waals surface area contributed by atoms with Gasteiger partial charge >= 0.3 is 0 Å². The first kappa shape index (κ1) is 18.4. The first-order chi connectivity index (χ1) is 9.54. The second-order valence-corrected chi connectivity index (χ2v) is 4.70. The molecule has 116 valence electrons. The summed E-state index contributed by atoms with van der Waals surface area (Å²) in [6, 6.07) is 0. The van der Waals surface area contributed by atoms with Crippen molar-refractivity contribution in [2.75, 3.05) is 13.3 Å². The molecule has 0 aliphatic heterocycles. The molecule has 0 aromatic heterocycles. The Kier molecular flexibility index (Phi) is 10.4. The average Bonchev–Trinajstić information content (AvgIpc) is 2.39. The molecule has 6 nitrogen and oxygen atoms in total. The third-order valence-corrected chi connectivity index (χ3v) is 2.70. The zero-order chi connectivity index (χ0) is 15.4. The van der Waals surface area contributed by atoms with Crippen molar-refractivity contribution in [2.24, 2.45) is 0 Å². The first-order valence-corrected chi connectivity index (χ1v) is 7.36. The van der Waals surface area contributed by atoms with Gasteiger partial charge in [-0.05, 0) is 19.3 Å². The summed E-state index contributed by atoms with van der Waals surface area (Å²) >= 11 is 0. The van der Waals surface area contributed by atoms with Crippen LogP contribution < -0.4 is 10.6 Å². The highest BCUT2D eigenvalue weighted by Crippen LogP contribution is 1.97. The topological polar surface area (TPSA) is 78.5 Å². The van der Waals surface area contributed by atoms with Crippen LogP contribution in [0.25, 0.3) is 0 Å². The molecular weight excluding hydrogens is 258 g/mol. The minimum absolute atomic E-state index is 0.0684. The van der Waals surface area contributed by atoms with Gasteiger partial charge in [-0.2, -0.15) is 0 Å². The van der Waals surface area contributed by atoms with Gasteiger partial charge in [-0.3, -0.25) is 14.4 Å². The van der Waals surface area contributed by atoms with Crippen LogP contribution in [0.3, 0.4) is 0 Å². The molecule has 3 amide bonds. The Morgan fingerprint density at radius 3 is 1.50 bits per heavy atom.